The fourth-order valence-corrected chi connectivity index (χ4v) is 5.34. The van der Waals surface area contributed by atoms with Crippen LogP contribution in [0.5, 0.6) is 0 Å². The van der Waals surface area contributed by atoms with Gasteiger partial charge in [-0.25, -0.2) is 22.5 Å². The second-order valence-corrected chi connectivity index (χ2v) is 10.9. The number of rotatable bonds is 4. The Morgan fingerprint density at radius 2 is 1.74 bits per heavy atom. The van der Waals surface area contributed by atoms with Crippen LogP contribution < -0.4 is 0 Å². The van der Waals surface area contributed by atoms with Gasteiger partial charge in [0, 0.05) is 21.7 Å². The molecule has 0 aliphatic rings. The zero-order chi connectivity index (χ0) is 24.3. The van der Waals surface area contributed by atoms with Gasteiger partial charge in [0.1, 0.15) is 22.8 Å². The predicted molar refractivity (Wildman–Crippen MR) is 124 cm³/mol. The second kappa shape index (κ2) is 7.92. The van der Waals surface area contributed by atoms with E-state index in [-0.39, 0.29) is 5.56 Å². The van der Waals surface area contributed by atoms with Gasteiger partial charge in [-0.05, 0) is 36.4 Å². The fourth-order valence-electron chi connectivity index (χ4n) is 3.70. The number of halogens is 1. The van der Waals surface area contributed by atoms with Crippen molar-refractivity contribution in [1.29, 1.82) is 0 Å². The van der Waals surface area contributed by atoms with Crippen LogP contribution in [0.2, 0.25) is 0 Å². The van der Waals surface area contributed by atoms with Crippen molar-refractivity contribution in [2.24, 2.45) is 0 Å². The Kier molecular flexibility index (Phi) is 5.26. The standard InChI is InChI=1S/C21H12BrN3O7S2/c22-12-1-4-15-19(7-12)32-18-6-2-13(25-11-23-10-24-25)8-17(18)21(15)16-5-3-14(33(26,27)28)9-20(16)34(29,30)31/h1-11H,(H-,26,27,28,29,30,31). The SMILES string of the molecule is O=S(=O)([O-])c1cc(S(=O)(=O)O)ccc1-c1c2ccc(Br)cc2[o+]c2ccc(-n3cncn3)cc12. The maximum atomic E-state index is 12.2. The van der Waals surface area contributed by atoms with Crippen molar-refractivity contribution in [1.82, 2.24) is 14.8 Å². The molecule has 0 aliphatic carbocycles. The molecule has 2 aromatic heterocycles. The molecule has 0 atom stereocenters. The highest BCUT2D eigenvalue weighted by Crippen LogP contribution is 2.41. The largest absolute Gasteiger partial charge is 0.744 e. The highest BCUT2D eigenvalue weighted by molar-refractivity contribution is 9.10. The van der Waals surface area contributed by atoms with Gasteiger partial charge in [0.2, 0.25) is 0 Å². The van der Waals surface area contributed by atoms with Crippen LogP contribution >= 0.6 is 15.9 Å². The molecule has 0 spiro atoms. The molecule has 0 aliphatic heterocycles. The summed E-state index contributed by atoms with van der Waals surface area (Å²) >= 11 is 3.37. The Labute approximate surface area is 201 Å². The Bertz CT molecular complexity index is 1820. The van der Waals surface area contributed by atoms with Gasteiger partial charge in [-0.15, -0.1) is 0 Å². The molecule has 13 heteroatoms. The molecule has 0 fully saturated rings. The summed E-state index contributed by atoms with van der Waals surface area (Å²) in [6, 6.07) is 13.0. The summed E-state index contributed by atoms with van der Waals surface area (Å²) in [6.07, 6.45) is 2.83. The lowest BCUT2D eigenvalue weighted by atomic mass is 9.97. The molecule has 0 amide bonds. The van der Waals surface area contributed by atoms with Crippen LogP contribution in [-0.2, 0) is 20.2 Å². The summed E-state index contributed by atoms with van der Waals surface area (Å²) in [5, 5.41) is 5.00. The van der Waals surface area contributed by atoms with Crippen LogP contribution in [-0.4, -0.2) is 40.7 Å². The fraction of sp³-hybridized carbons (Fsp3) is 0. The molecule has 5 rings (SSSR count). The Balaban J connectivity index is 1.96. The maximum Gasteiger partial charge on any atom is 0.362 e. The van der Waals surface area contributed by atoms with Gasteiger partial charge in [0.05, 0.1) is 32.3 Å². The van der Waals surface area contributed by atoms with E-state index >= 15 is 0 Å². The summed E-state index contributed by atoms with van der Waals surface area (Å²) in [4.78, 5) is 2.40. The van der Waals surface area contributed by atoms with Crippen molar-refractivity contribution in [3.63, 3.8) is 0 Å². The summed E-state index contributed by atoms with van der Waals surface area (Å²) < 4.78 is 77.5. The molecule has 0 saturated carbocycles. The highest BCUT2D eigenvalue weighted by atomic mass is 79.9. The Morgan fingerprint density at radius 1 is 0.941 bits per heavy atom. The molecule has 1 N–H and O–H groups in total. The monoisotopic (exact) mass is 561 g/mol. The Hall–Kier alpha value is -3.23. The second-order valence-electron chi connectivity index (χ2n) is 7.23. The summed E-state index contributed by atoms with van der Waals surface area (Å²) in [6.45, 7) is 0. The maximum absolute atomic E-state index is 12.2. The Morgan fingerprint density at radius 3 is 2.41 bits per heavy atom. The lowest BCUT2D eigenvalue weighted by molar-refractivity contribution is 0.463. The molecular formula is C21H12BrN3O7S2. The number of fused-ring (bicyclic) bond motifs is 2. The van der Waals surface area contributed by atoms with Gasteiger partial charge in [0.25, 0.3) is 10.1 Å². The highest BCUT2D eigenvalue weighted by Gasteiger charge is 2.25. The van der Waals surface area contributed by atoms with Gasteiger partial charge >= 0.3 is 11.2 Å². The first-order valence-electron chi connectivity index (χ1n) is 9.44. The van der Waals surface area contributed by atoms with Crippen molar-refractivity contribution in [3.05, 3.63) is 71.7 Å². The van der Waals surface area contributed by atoms with Gasteiger partial charge in [-0.1, -0.05) is 22.0 Å². The van der Waals surface area contributed by atoms with Crippen molar-refractivity contribution < 1.29 is 30.4 Å². The number of hydrogen-bond donors (Lipinski definition) is 1. The van der Waals surface area contributed by atoms with E-state index in [1.165, 1.54) is 23.4 Å². The quantitative estimate of drug-likeness (QED) is 0.194. The normalized spacial score (nSPS) is 12.4. The van der Waals surface area contributed by atoms with Crippen LogP contribution in [0.15, 0.2) is 85.9 Å². The van der Waals surface area contributed by atoms with Crippen LogP contribution in [0.1, 0.15) is 0 Å². The van der Waals surface area contributed by atoms with Crippen LogP contribution in [0, 0.1) is 0 Å². The minimum absolute atomic E-state index is 0.0498. The molecule has 34 heavy (non-hydrogen) atoms. The predicted octanol–water partition coefficient (Wildman–Crippen LogP) is 4.03. The molecule has 3 aromatic carbocycles. The van der Waals surface area contributed by atoms with Crippen molar-refractivity contribution in [2.75, 3.05) is 0 Å². The molecule has 0 radical (unpaired) electrons. The van der Waals surface area contributed by atoms with Gasteiger partial charge < -0.3 is 4.55 Å². The number of nitrogens with zero attached hydrogens (tertiary/aromatic N) is 3. The topological polar surface area (TPSA) is 154 Å². The molecule has 172 valence electrons. The van der Waals surface area contributed by atoms with E-state index < -0.39 is 30.0 Å². The zero-order valence-corrected chi connectivity index (χ0v) is 20.0. The third-order valence-electron chi connectivity index (χ3n) is 5.14. The lowest BCUT2D eigenvalue weighted by Crippen LogP contribution is -2.06. The minimum Gasteiger partial charge on any atom is -0.744 e. The lowest BCUT2D eigenvalue weighted by Gasteiger charge is -2.15. The first-order valence-corrected chi connectivity index (χ1v) is 13.1. The zero-order valence-electron chi connectivity index (χ0n) is 16.8. The first-order chi connectivity index (χ1) is 16.0. The van der Waals surface area contributed by atoms with E-state index in [2.05, 4.69) is 26.0 Å². The molecular weight excluding hydrogens is 550 g/mol. The smallest absolute Gasteiger partial charge is 0.362 e. The van der Waals surface area contributed by atoms with E-state index in [0.717, 1.165) is 6.07 Å². The number of hydrogen-bond acceptors (Lipinski definition) is 7. The number of aromatic nitrogens is 3. The summed E-state index contributed by atoms with van der Waals surface area (Å²) in [5.41, 5.74) is 1.61. The van der Waals surface area contributed by atoms with Crippen molar-refractivity contribution in [3.8, 4) is 16.8 Å². The van der Waals surface area contributed by atoms with Crippen LogP contribution in [0.3, 0.4) is 0 Å². The summed E-state index contributed by atoms with van der Waals surface area (Å²) in [5.74, 6) is 0. The van der Waals surface area contributed by atoms with E-state index in [4.69, 9.17) is 4.42 Å². The van der Waals surface area contributed by atoms with Gasteiger partial charge in [0.15, 0.2) is 0 Å². The summed E-state index contributed by atoms with van der Waals surface area (Å²) in [7, 11) is -9.91. The third-order valence-corrected chi connectivity index (χ3v) is 7.36. The average Bonchev–Trinajstić information content (AvgIpc) is 3.30. The van der Waals surface area contributed by atoms with Crippen molar-refractivity contribution in [2.45, 2.75) is 9.79 Å². The molecule has 5 aromatic rings. The van der Waals surface area contributed by atoms with Gasteiger partial charge in [-0.3, -0.25) is 4.55 Å². The van der Waals surface area contributed by atoms with E-state index in [9.17, 15) is 25.9 Å². The van der Waals surface area contributed by atoms with E-state index in [1.807, 2.05) is 0 Å². The van der Waals surface area contributed by atoms with Crippen LogP contribution in [0.4, 0.5) is 0 Å². The first kappa shape index (κ1) is 22.6. The van der Waals surface area contributed by atoms with E-state index in [0.29, 0.717) is 43.7 Å². The molecule has 10 nitrogen and oxygen atoms in total. The van der Waals surface area contributed by atoms with Gasteiger partial charge in [-0.2, -0.15) is 13.5 Å². The average molecular weight is 562 g/mol. The number of benzene rings is 3. The molecule has 0 bridgehead atoms. The molecule has 2 heterocycles. The van der Waals surface area contributed by atoms with Crippen molar-refractivity contribution >= 4 is 58.1 Å². The van der Waals surface area contributed by atoms with E-state index in [1.54, 1.807) is 36.4 Å². The third kappa shape index (κ3) is 3.97. The molecule has 0 unspecified atom stereocenters. The van der Waals surface area contributed by atoms with Crippen LogP contribution in [0.25, 0.3) is 38.8 Å². The minimum atomic E-state index is -5.16. The molecule has 0 saturated heterocycles.